The zero-order valence-electron chi connectivity index (χ0n) is 28.0. The second-order valence-corrected chi connectivity index (χ2v) is 10.7. The number of carbonyl (C=O) groups excluding carboxylic acids is 3. The summed E-state index contributed by atoms with van der Waals surface area (Å²) in [6.07, 6.45) is 14.8. The second kappa shape index (κ2) is 21.2. The summed E-state index contributed by atoms with van der Waals surface area (Å²) in [6, 6.07) is -0.833. The van der Waals surface area contributed by atoms with Gasteiger partial charge in [-0.2, -0.15) is 14.9 Å². The zero-order chi connectivity index (χ0) is 36.2. The number of fused-ring (bicyclic) bond motifs is 1. The normalized spacial score (nSPS) is 10.2. The van der Waals surface area contributed by atoms with Gasteiger partial charge in [-0.25, -0.2) is 14.7 Å². The predicted molar refractivity (Wildman–Crippen MR) is 182 cm³/mol. The number of nitrogens with zero attached hydrogens (tertiary/aromatic N) is 5. The van der Waals surface area contributed by atoms with Crippen molar-refractivity contribution in [3.63, 3.8) is 0 Å². The van der Waals surface area contributed by atoms with Crippen LogP contribution in [0.4, 0.5) is 16.4 Å². The van der Waals surface area contributed by atoms with Crippen LogP contribution in [0.3, 0.4) is 0 Å². The summed E-state index contributed by atoms with van der Waals surface area (Å²) in [7, 11) is 0. The third kappa shape index (κ3) is 14.2. The Bertz CT molecular complexity index is 1680. The van der Waals surface area contributed by atoms with Gasteiger partial charge in [-0.15, -0.1) is 0 Å². The molecule has 19 nitrogen and oxygen atoms in total. The monoisotopic (exact) mass is 675 g/mol. The summed E-state index contributed by atoms with van der Waals surface area (Å²) < 4.78 is 5.12. The smallest absolute Gasteiger partial charge is 0.327 e. The fraction of sp³-hybridized carbons (Fsp3) is 0.517. The lowest BCUT2D eigenvalue weighted by Gasteiger charge is -1.98. The van der Waals surface area contributed by atoms with Gasteiger partial charge >= 0.3 is 17.5 Å². The molecule has 0 spiro atoms. The van der Waals surface area contributed by atoms with Crippen molar-refractivity contribution in [1.82, 2.24) is 34.6 Å². The zero-order valence-corrected chi connectivity index (χ0v) is 28.0. The van der Waals surface area contributed by atoms with E-state index in [0.717, 1.165) is 77.4 Å². The van der Waals surface area contributed by atoms with E-state index < -0.39 is 23.5 Å². The number of carbonyl (C=O) groups is 3. The van der Waals surface area contributed by atoms with Crippen LogP contribution < -0.4 is 50.3 Å². The summed E-state index contributed by atoms with van der Waals surface area (Å²) in [5.74, 6) is -0.375. The van der Waals surface area contributed by atoms with Crippen LogP contribution in [0.15, 0.2) is 28.2 Å². The molecule has 0 saturated carbocycles. The number of unbranched alkanes of at least 4 members (excludes halogenated alkanes) is 6. The largest absolute Gasteiger partial charge is 0.382 e. The Morgan fingerprint density at radius 2 is 1.27 bits per heavy atom. The van der Waals surface area contributed by atoms with Gasteiger partial charge in [-0.05, 0) is 25.7 Å². The summed E-state index contributed by atoms with van der Waals surface area (Å²) in [5.41, 5.74) is 30.1. The molecule has 4 amide bonds. The fourth-order valence-corrected chi connectivity index (χ4v) is 4.23. The third-order valence-electron chi connectivity index (χ3n) is 6.68. The van der Waals surface area contributed by atoms with E-state index in [1.54, 1.807) is 32.6 Å². The number of aryl methyl sites for hydroxylation is 3. The van der Waals surface area contributed by atoms with Gasteiger partial charge in [-0.1, -0.05) is 52.9 Å². The first-order chi connectivity index (χ1) is 22.7. The molecular formula is C29H51N14O5+. The molecule has 4 aromatic heterocycles. The highest BCUT2D eigenvalue weighted by Crippen LogP contribution is 2.09. The summed E-state index contributed by atoms with van der Waals surface area (Å²) in [4.78, 5) is 57.8. The predicted octanol–water partition coefficient (Wildman–Crippen LogP) is 0.555. The van der Waals surface area contributed by atoms with Crippen molar-refractivity contribution >= 4 is 40.5 Å². The summed E-state index contributed by atoms with van der Waals surface area (Å²) >= 11 is 0. The number of primary amides is 4. The number of aromatic nitrogens is 8. The van der Waals surface area contributed by atoms with Gasteiger partial charge in [0.1, 0.15) is 23.1 Å². The lowest BCUT2D eigenvalue weighted by Crippen LogP contribution is -2.38. The van der Waals surface area contributed by atoms with Gasteiger partial charge in [0.15, 0.2) is 11.5 Å². The molecule has 0 bridgehead atoms. The minimum absolute atomic E-state index is 0.217. The molecule has 0 radical (unpaired) electrons. The Morgan fingerprint density at radius 1 is 0.750 bits per heavy atom. The van der Waals surface area contributed by atoms with Crippen molar-refractivity contribution in [3.05, 3.63) is 50.6 Å². The number of hydrogen-bond donors (Lipinski definition) is 9. The molecule has 0 fully saturated rings. The van der Waals surface area contributed by atoms with Crippen LogP contribution in [-0.4, -0.2) is 52.5 Å². The van der Waals surface area contributed by atoms with Crippen molar-refractivity contribution in [2.45, 2.75) is 98.2 Å². The number of amides is 4. The molecule has 48 heavy (non-hydrogen) atoms. The minimum atomic E-state index is -0.833. The van der Waals surface area contributed by atoms with Gasteiger partial charge in [0.05, 0.1) is 6.20 Å². The number of nitrogen functional groups attached to an aromatic ring is 2. The van der Waals surface area contributed by atoms with Crippen LogP contribution in [0.5, 0.6) is 0 Å². The molecule has 0 aliphatic heterocycles. The van der Waals surface area contributed by atoms with Crippen LogP contribution in [0, 0.1) is 0 Å². The van der Waals surface area contributed by atoms with Crippen LogP contribution in [0.1, 0.15) is 99.3 Å². The van der Waals surface area contributed by atoms with E-state index in [1.807, 2.05) is 0 Å². The number of nitrogens with one attached hydrogen (secondary N) is 3. The maximum Gasteiger partial charge on any atom is 0.327 e. The van der Waals surface area contributed by atoms with Crippen LogP contribution in [-0.2, 0) is 19.6 Å². The molecule has 19 heteroatoms. The highest BCUT2D eigenvalue weighted by molar-refractivity contribution is 5.97. The van der Waals surface area contributed by atoms with Crippen molar-refractivity contribution < 1.29 is 19.1 Å². The lowest BCUT2D eigenvalue weighted by molar-refractivity contribution is -0.737. The first-order valence-corrected chi connectivity index (χ1v) is 15.8. The highest BCUT2D eigenvalue weighted by atomic mass is 16.2. The Morgan fingerprint density at radius 3 is 1.75 bits per heavy atom. The SMILES string of the molecule is CCCCC[n+]1[nH]cc(C(N)=O)c1N.CCCCCn1cc(C(N)=O)c(N)n1.CCCCCn1cc2c(=O)[nH]c(=O)[nH]c2n1.NC(N)=O. The van der Waals surface area contributed by atoms with Gasteiger partial charge in [0.25, 0.3) is 17.4 Å². The van der Waals surface area contributed by atoms with Gasteiger partial charge in [0, 0.05) is 25.5 Å². The molecular weight excluding hydrogens is 624 g/mol. The maximum absolute atomic E-state index is 11.4. The Kier molecular flexibility index (Phi) is 17.9. The Hall–Kier alpha value is -5.62. The Labute approximate surface area is 277 Å². The topological polar surface area (TPSA) is 328 Å². The van der Waals surface area contributed by atoms with Gasteiger partial charge in [-0.3, -0.25) is 39.4 Å². The van der Waals surface area contributed by atoms with Crippen molar-refractivity contribution in [2.75, 3.05) is 11.5 Å². The molecule has 4 heterocycles. The second-order valence-electron chi connectivity index (χ2n) is 10.7. The fourth-order valence-electron chi connectivity index (χ4n) is 4.23. The molecule has 4 aromatic rings. The van der Waals surface area contributed by atoms with E-state index in [9.17, 15) is 19.2 Å². The first-order valence-electron chi connectivity index (χ1n) is 15.8. The average Bonchev–Trinajstić information content (AvgIpc) is 3.70. The number of aromatic amines is 3. The quantitative estimate of drug-likeness (QED) is 0.0664. The van der Waals surface area contributed by atoms with Crippen LogP contribution in [0.2, 0.25) is 0 Å². The third-order valence-corrected chi connectivity index (χ3v) is 6.68. The highest BCUT2D eigenvalue weighted by Gasteiger charge is 2.17. The molecule has 0 unspecified atom stereocenters. The molecule has 266 valence electrons. The minimum Gasteiger partial charge on any atom is -0.382 e. The van der Waals surface area contributed by atoms with E-state index in [1.165, 1.54) is 0 Å². The van der Waals surface area contributed by atoms with Gasteiger partial charge in [0.2, 0.25) is 0 Å². The number of H-pyrrole nitrogens is 3. The maximum atomic E-state index is 11.4. The lowest BCUT2D eigenvalue weighted by atomic mass is 10.2. The molecule has 0 aliphatic carbocycles. The molecule has 0 saturated heterocycles. The van der Waals surface area contributed by atoms with Crippen molar-refractivity contribution in [1.29, 1.82) is 0 Å². The number of nitrogens with two attached hydrogens (primary N) is 6. The van der Waals surface area contributed by atoms with E-state index >= 15 is 0 Å². The van der Waals surface area contributed by atoms with E-state index in [4.69, 9.17) is 27.7 Å². The Balaban J connectivity index is 0.000000342. The summed E-state index contributed by atoms with van der Waals surface area (Å²) in [6.45, 7) is 8.74. The number of hydrogen-bond acceptors (Lipinski definition) is 9. The van der Waals surface area contributed by atoms with E-state index in [0.29, 0.717) is 28.0 Å². The molecule has 15 N–H and O–H groups in total. The van der Waals surface area contributed by atoms with Crippen molar-refractivity contribution in [2.24, 2.45) is 22.9 Å². The number of anilines is 2. The van der Waals surface area contributed by atoms with Crippen LogP contribution in [0.25, 0.3) is 11.0 Å². The summed E-state index contributed by atoms with van der Waals surface area (Å²) in [5, 5.41) is 11.5. The average molecular weight is 676 g/mol. The number of rotatable bonds is 14. The molecule has 0 aliphatic rings. The van der Waals surface area contributed by atoms with Crippen LogP contribution >= 0.6 is 0 Å². The molecule has 0 atom stereocenters. The van der Waals surface area contributed by atoms with E-state index in [-0.39, 0.29) is 11.4 Å². The molecule has 4 rings (SSSR count). The van der Waals surface area contributed by atoms with Gasteiger partial charge < -0.3 is 28.7 Å². The molecule has 0 aromatic carbocycles. The van der Waals surface area contributed by atoms with Crippen molar-refractivity contribution in [3.8, 4) is 0 Å². The van der Waals surface area contributed by atoms with E-state index in [2.05, 4.69) is 57.5 Å². The first kappa shape index (κ1) is 40.4. The number of urea groups is 1. The standard InChI is InChI=1S/C10H14N4O2.2C9H16N4O.CH4N2O/c1-2-3-4-5-14-6-7-8(13-14)11-10(16)12-9(7)15;1-2-3-4-5-13-6-7(9(11)14)8(10)12-13;1-2-3-4-5-13-8(10)7(6-12-13)9(11)14;2-1(3)4/h6H,2-5H2,1H3,(H2,11,12,13,15,16);6H,2-5H2,1H3,(H2,10,12)(H2,11,14);6H,2-5H2,1H3,(H4,10,11,12,14);(H4,2,3,4)/p+1.